The van der Waals surface area contributed by atoms with E-state index in [1.807, 2.05) is 0 Å². The maximum atomic E-state index is 12.6. The number of rotatable bonds is 37. The lowest BCUT2D eigenvalue weighted by atomic mass is 10.1. The number of carbonyl (C=O) groups is 2. The maximum Gasteiger partial charge on any atom is 0.472 e. The van der Waals surface area contributed by atoms with E-state index < -0.39 is 51.8 Å². The normalized spacial score (nSPS) is 14.3. The molecule has 0 aliphatic carbocycles. The molecule has 0 aliphatic rings. The Bertz CT molecular complexity index is 894. The zero-order chi connectivity index (χ0) is 37.0. The Morgan fingerprint density at radius 2 is 1.02 bits per heavy atom. The monoisotopic (exact) mass is 732 g/mol. The van der Waals surface area contributed by atoms with Crippen LogP contribution in [0.3, 0.4) is 0 Å². The van der Waals surface area contributed by atoms with Gasteiger partial charge in [-0.15, -0.1) is 0 Å². The number of ether oxygens (including phenoxy) is 2. The van der Waals surface area contributed by atoms with Gasteiger partial charge in [-0.25, -0.2) is 4.57 Å². The van der Waals surface area contributed by atoms with Crippen LogP contribution < -0.4 is 0 Å². The molecule has 3 atom stereocenters. The maximum absolute atomic E-state index is 12.6. The van der Waals surface area contributed by atoms with Gasteiger partial charge in [-0.1, -0.05) is 128 Å². The molecule has 0 aromatic carbocycles. The molecule has 0 heterocycles. The van der Waals surface area contributed by atoms with Gasteiger partial charge in [0.1, 0.15) is 12.7 Å². The highest BCUT2D eigenvalue weighted by molar-refractivity contribution is 7.47. The van der Waals surface area contributed by atoms with Gasteiger partial charge in [0.25, 0.3) is 0 Å². The number of hydrogen-bond acceptors (Lipinski definition) is 9. The molecule has 3 N–H and O–H groups in total. The van der Waals surface area contributed by atoms with Crippen LogP contribution in [-0.2, 0) is 32.7 Å². The topological polar surface area (TPSA) is 149 Å². The van der Waals surface area contributed by atoms with Crippen molar-refractivity contribution in [2.45, 2.75) is 187 Å². The van der Waals surface area contributed by atoms with Crippen LogP contribution in [0.25, 0.3) is 0 Å². The Balaban J connectivity index is 4.32. The van der Waals surface area contributed by atoms with E-state index in [9.17, 15) is 24.2 Å². The van der Waals surface area contributed by atoms with Crippen molar-refractivity contribution in [2.75, 3.05) is 26.4 Å². The Kier molecular flexibility index (Phi) is 34.7. The highest BCUT2D eigenvalue weighted by atomic mass is 31.2. The number of phosphoric acid groups is 1. The van der Waals surface area contributed by atoms with Gasteiger partial charge in [0.2, 0.25) is 0 Å². The van der Waals surface area contributed by atoms with Gasteiger partial charge in [-0.3, -0.25) is 18.6 Å². The summed E-state index contributed by atoms with van der Waals surface area (Å²) in [5, 5.41) is 18.3. The number of aliphatic hydroxyl groups is 2. The molecule has 3 unspecified atom stereocenters. The third-order valence-corrected chi connectivity index (χ3v) is 9.26. The average Bonchev–Trinajstić information content (AvgIpc) is 3.10. The molecule has 50 heavy (non-hydrogen) atoms. The van der Waals surface area contributed by atoms with Gasteiger partial charge in [0.15, 0.2) is 6.10 Å². The Morgan fingerprint density at radius 3 is 1.52 bits per heavy atom. The first-order valence-corrected chi connectivity index (χ1v) is 21.3. The van der Waals surface area contributed by atoms with Crippen LogP contribution in [0.5, 0.6) is 0 Å². The predicted octanol–water partition coefficient (Wildman–Crippen LogP) is 9.83. The molecule has 0 bridgehead atoms. The third kappa shape index (κ3) is 34.9. The number of allylic oxidation sites excluding steroid dienone is 4. The zero-order valence-corrected chi connectivity index (χ0v) is 32.5. The minimum absolute atomic E-state index is 0.179. The molecule has 294 valence electrons. The second-order valence-corrected chi connectivity index (χ2v) is 14.8. The van der Waals surface area contributed by atoms with Crippen LogP contribution in [0.1, 0.15) is 174 Å². The van der Waals surface area contributed by atoms with Crippen molar-refractivity contribution in [2.24, 2.45) is 0 Å². The molecule has 0 spiro atoms. The van der Waals surface area contributed by atoms with E-state index in [1.54, 1.807) is 0 Å². The molecular formula is C39H73O10P. The predicted molar refractivity (Wildman–Crippen MR) is 201 cm³/mol. The van der Waals surface area contributed by atoms with E-state index in [0.29, 0.717) is 12.8 Å². The number of phosphoric ester groups is 1. The molecule has 0 radical (unpaired) electrons. The minimum Gasteiger partial charge on any atom is -0.462 e. The minimum atomic E-state index is -4.61. The van der Waals surface area contributed by atoms with Crippen LogP contribution in [-0.4, -0.2) is 65.7 Å². The van der Waals surface area contributed by atoms with Gasteiger partial charge >= 0.3 is 19.8 Å². The quantitative estimate of drug-likeness (QED) is 0.0244. The molecule has 0 amide bonds. The fourth-order valence-corrected chi connectivity index (χ4v) is 6.01. The van der Waals surface area contributed by atoms with E-state index in [2.05, 4.69) is 42.7 Å². The molecule has 0 aromatic heterocycles. The number of aliphatic hydroxyl groups excluding tert-OH is 2. The van der Waals surface area contributed by atoms with Crippen LogP contribution in [0.15, 0.2) is 24.3 Å². The summed E-state index contributed by atoms with van der Waals surface area (Å²) in [5.41, 5.74) is 0. The number of hydrogen-bond donors (Lipinski definition) is 3. The van der Waals surface area contributed by atoms with Crippen molar-refractivity contribution in [3.8, 4) is 0 Å². The molecule has 11 heteroatoms. The number of esters is 2. The summed E-state index contributed by atoms with van der Waals surface area (Å²) < 4.78 is 32.6. The van der Waals surface area contributed by atoms with Crippen molar-refractivity contribution < 1.29 is 47.8 Å². The summed E-state index contributed by atoms with van der Waals surface area (Å²) in [6.07, 6.45) is 32.9. The molecule has 0 saturated carbocycles. The number of unbranched alkanes of at least 4 members (excludes halogenated alkanes) is 19. The summed E-state index contributed by atoms with van der Waals surface area (Å²) in [7, 11) is -4.61. The van der Waals surface area contributed by atoms with Crippen molar-refractivity contribution in [1.29, 1.82) is 0 Å². The molecule has 0 fully saturated rings. The first-order valence-electron chi connectivity index (χ1n) is 19.8. The van der Waals surface area contributed by atoms with Crippen LogP contribution >= 0.6 is 7.82 Å². The standard InChI is InChI=1S/C39H73O10P/c1-3-5-7-9-11-13-15-16-17-18-19-20-21-23-25-27-29-31-39(43)49-37(35-48-50(44,45)47-33-36(41)32-40)34-46-38(42)30-28-26-24-22-14-12-10-8-6-4-2/h8,10,16-17,36-37,40-41H,3-7,9,11-15,18-35H2,1-2H3,(H,44,45)/b10-8-,17-16-. The lowest BCUT2D eigenvalue weighted by Crippen LogP contribution is -2.29. The van der Waals surface area contributed by atoms with Crippen LogP contribution in [0.2, 0.25) is 0 Å². The highest BCUT2D eigenvalue weighted by Crippen LogP contribution is 2.43. The molecule has 10 nitrogen and oxygen atoms in total. The van der Waals surface area contributed by atoms with Gasteiger partial charge in [-0.05, 0) is 57.8 Å². The van der Waals surface area contributed by atoms with Gasteiger partial charge < -0.3 is 24.6 Å². The van der Waals surface area contributed by atoms with Crippen LogP contribution in [0.4, 0.5) is 0 Å². The van der Waals surface area contributed by atoms with Crippen LogP contribution in [0, 0.1) is 0 Å². The van der Waals surface area contributed by atoms with Crippen molar-refractivity contribution in [3.05, 3.63) is 24.3 Å². The van der Waals surface area contributed by atoms with Crippen molar-refractivity contribution >= 4 is 19.8 Å². The van der Waals surface area contributed by atoms with E-state index in [0.717, 1.165) is 70.6 Å². The average molecular weight is 733 g/mol. The van der Waals surface area contributed by atoms with Crippen molar-refractivity contribution in [3.63, 3.8) is 0 Å². The summed E-state index contributed by atoms with van der Waals surface area (Å²) in [5.74, 6) is -0.941. The van der Waals surface area contributed by atoms with Gasteiger partial charge in [-0.2, -0.15) is 0 Å². The van der Waals surface area contributed by atoms with E-state index in [4.69, 9.17) is 19.1 Å². The zero-order valence-electron chi connectivity index (χ0n) is 31.6. The third-order valence-electron chi connectivity index (χ3n) is 8.31. The Labute approximate surface area is 304 Å². The molecular weight excluding hydrogens is 659 g/mol. The van der Waals surface area contributed by atoms with E-state index >= 15 is 0 Å². The second kappa shape index (κ2) is 35.8. The van der Waals surface area contributed by atoms with E-state index in [-0.39, 0.29) is 19.4 Å². The van der Waals surface area contributed by atoms with Gasteiger partial charge in [0.05, 0.1) is 19.8 Å². The summed E-state index contributed by atoms with van der Waals surface area (Å²) in [6.45, 7) is 2.29. The Hall–Kier alpha value is -1.55. The van der Waals surface area contributed by atoms with E-state index in [1.165, 1.54) is 64.2 Å². The van der Waals surface area contributed by atoms with Crippen molar-refractivity contribution in [1.82, 2.24) is 0 Å². The van der Waals surface area contributed by atoms with Gasteiger partial charge in [0, 0.05) is 12.8 Å². The smallest absolute Gasteiger partial charge is 0.462 e. The lowest BCUT2D eigenvalue weighted by Gasteiger charge is -2.20. The fourth-order valence-electron chi connectivity index (χ4n) is 5.22. The highest BCUT2D eigenvalue weighted by Gasteiger charge is 2.27. The lowest BCUT2D eigenvalue weighted by molar-refractivity contribution is -0.161. The largest absolute Gasteiger partial charge is 0.472 e. The fraction of sp³-hybridized carbons (Fsp3) is 0.846. The first kappa shape index (κ1) is 48.5. The summed E-state index contributed by atoms with van der Waals surface area (Å²) in [4.78, 5) is 34.8. The molecule has 0 aromatic rings. The Morgan fingerprint density at radius 1 is 0.580 bits per heavy atom. The number of carbonyl (C=O) groups excluding carboxylic acids is 2. The summed E-state index contributed by atoms with van der Waals surface area (Å²) in [6, 6.07) is 0. The SMILES string of the molecule is CCC/C=C\CCCCCCCC(=O)OCC(COP(=O)(O)OCC(O)CO)OC(=O)CCCCCCCCC/C=C\CCCCCCCC. The first-order chi connectivity index (χ1) is 24.2. The molecule has 0 aliphatic heterocycles. The molecule has 0 rings (SSSR count). The second-order valence-electron chi connectivity index (χ2n) is 13.3. The molecule has 0 saturated heterocycles. The summed E-state index contributed by atoms with van der Waals surface area (Å²) >= 11 is 0.